The van der Waals surface area contributed by atoms with Gasteiger partial charge in [-0.2, -0.15) is 0 Å². The van der Waals surface area contributed by atoms with Crippen LogP contribution in [0.25, 0.3) is 10.9 Å². The molecule has 0 aliphatic carbocycles. The third-order valence-corrected chi connectivity index (χ3v) is 5.17. The summed E-state index contributed by atoms with van der Waals surface area (Å²) in [6.45, 7) is 4.08. The van der Waals surface area contributed by atoms with Crippen molar-refractivity contribution in [2.75, 3.05) is 5.32 Å². The number of nitrogens with zero attached hydrogens (tertiary/aromatic N) is 1. The Bertz CT molecular complexity index is 1070. The summed E-state index contributed by atoms with van der Waals surface area (Å²) in [5.41, 5.74) is 3.81. The van der Waals surface area contributed by atoms with Crippen LogP contribution in [-0.4, -0.2) is 10.5 Å². The van der Waals surface area contributed by atoms with Crippen molar-refractivity contribution in [3.05, 3.63) is 74.0 Å². The Morgan fingerprint density at radius 3 is 2.68 bits per heavy atom. The summed E-state index contributed by atoms with van der Waals surface area (Å²) in [6, 6.07) is 11.6. The summed E-state index contributed by atoms with van der Waals surface area (Å²) in [4.78, 5) is 25.6. The van der Waals surface area contributed by atoms with Crippen LogP contribution in [0.5, 0.6) is 0 Å². The molecule has 4 nitrogen and oxygen atoms in total. The average molecular weight is 397 g/mol. The number of amides is 1. The quantitative estimate of drug-likeness (QED) is 0.695. The van der Waals surface area contributed by atoms with Crippen molar-refractivity contribution in [2.45, 2.75) is 26.3 Å². The Morgan fingerprint density at radius 1 is 1.24 bits per heavy atom. The number of anilines is 1. The number of aromatic nitrogens is 1. The van der Waals surface area contributed by atoms with Gasteiger partial charge in [0.25, 0.3) is 5.91 Å². The lowest BCUT2D eigenvalue weighted by atomic mass is 10.1. The van der Waals surface area contributed by atoms with Gasteiger partial charge in [0, 0.05) is 27.8 Å². The van der Waals surface area contributed by atoms with Gasteiger partial charge in [0.15, 0.2) is 0 Å². The molecule has 5 heteroatoms. The van der Waals surface area contributed by atoms with Crippen molar-refractivity contribution >= 4 is 38.4 Å². The zero-order valence-electron chi connectivity index (χ0n) is 14.0. The van der Waals surface area contributed by atoms with Crippen molar-refractivity contribution < 1.29 is 4.79 Å². The Kier molecular flexibility index (Phi) is 3.76. The van der Waals surface area contributed by atoms with E-state index in [-0.39, 0.29) is 22.9 Å². The largest absolute Gasteiger partial charge is 0.343 e. The minimum absolute atomic E-state index is 0.172. The van der Waals surface area contributed by atoms with E-state index >= 15 is 0 Å². The first kappa shape index (κ1) is 16.1. The van der Waals surface area contributed by atoms with E-state index in [4.69, 9.17) is 0 Å². The molecular weight excluding hydrogens is 380 g/mol. The highest BCUT2D eigenvalue weighted by Gasteiger charge is 2.25. The number of pyridine rings is 1. The van der Waals surface area contributed by atoms with E-state index in [1.165, 1.54) is 0 Å². The molecule has 0 saturated carbocycles. The maximum atomic E-state index is 12.9. The number of carbonyl (C=O) groups excluding carboxylic acids is 1. The van der Waals surface area contributed by atoms with Gasteiger partial charge in [0.1, 0.15) is 5.56 Å². The van der Waals surface area contributed by atoms with Crippen molar-refractivity contribution in [3.63, 3.8) is 0 Å². The third kappa shape index (κ3) is 2.68. The molecule has 3 aromatic rings. The number of benzene rings is 2. The van der Waals surface area contributed by atoms with Gasteiger partial charge in [-0.3, -0.25) is 9.59 Å². The third-order valence-electron chi connectivity index (χ3n) is 4.71. The molecule has 1 aliphatic rings. The van der Waals surface area contributed by atoms with Crippen LogP contribution in [0.1, 0.15) is 34.5 Å². The number of halogens is 1. The molecule has 2 aromatic carbocycles. The fourth-order valence-corrected chi connectivity index (χ4v) is 3.96. The SMILES string of the molecule is Cc1ccc(NC(=O)c2cn3c4c(cc(Br)cc4c2=O)CC3C)cc1. The minimum atomic E-state index is -0.375. The molecule has 1 unspecified atom stereocenters. The fraction of sp³-hybridized carbons (Fsp3) is 0.200. The first-order valence-corrected chi connectivity index (χ1v) is 8.98. The molecule has 1 aromatic heterocycles. The van der Waals surface area contributed by atoms with Gasteiger partial charge in [-0.05, 0) is 50.1 Å². The minimum Gasteiger partial charge on any atom is -0.343 e. The van der Waals surface area contributed by atoms with Gasteiger partial charge in [-0.1, -0.05) is 33.6 Å². The van der Waals surface area contributed by atoms with Crippen LogP contribution >= 0.6 is 15.9 Å². The standard InChI is InChI=1S/C20H17BrN2O2/c1-11-3-5-15(6-4-11)22-20(25)17-10-23-12(2)7-13-8-14(21)9-16(18(13)23)19(17)24/h3-6,8-10,12H,7H2,1-2H3,(H,22,25). The number of aryl methyl sites for hydroxylation is 1. The lowest BCUT2D eigenvalue weighted by molar-refractivity contribution is 0.102. The number of hydrogen-bond donors (Lipinski definition) is 1. The summed E-state index contributed by atoms with van der Waals surface area (Å²) < 4.78 is 2.91. The van der Waals surface area contributed by atoms with Crippen LogP contribution in [0.2, 0.25) is 0 Å². The summed E-state index contributed by atoms with van der Waals surface area (Å²) in [6.07, 6.45) is 2.56. The number of hydrogen-bond acceptors (Lipinski definition) is 2. The van der Waals surface area contributed by atoms with Gasteiger partial charge in [0.05, 0.1) is 5.52 Å². The van der Waals surface area contributed by atoms with Gasteiger partial charge in [-0.15, -0.1) is 0 Å². The smallest absolute Gasteiger partial charge is 0.261 e. The number of carbonyl (C=O) groups is 1. The lowest BCUT2D eigenvalue weighted by Gasteiger charge is -2.13. The second-order valence-corrected chi connectivity index (χ2v) is 7.53. The highest BCUT2D eigenvalue weighted by Crippen LogP contribution is 2.33. The monoisotopic (exact) mass is 396 g/mol. The Morgan fingerprint density at radius 2 is 1.96 bits per heavy atom. The second kappa shape index (κ2) is 5.85. The second-order valence-electron chi connectivity index (χ2n) is 6.61. The molecule has 0 radical (unpaired) electrons. The molecule has 1 atom stereocenters. The molecule has 4 rings (SSSR count). The predicted octanol–water partition coefficient (Wildman–Crippen LogP) is 4.44. The van der Waals surface area contributed by atoms with E-state index in [0.717, 1.165) is 27.5 Å². The van der Waals surface area contributed by atoms with Gasteiger partial charge < -0.3 is 9.88 Å². The normalized spacial score (nSPS) is 15.6. The van der Waals surface area contributed by atoms with Crippen LogP contribution in [0.15, 0.2) is 51.9 Å². The van der Waals surface area contributed by atoms with Gasteiger partial charge in [0.2, 0.25) is 5.43 Å². The van der Waals surface area contributed by atoms with E-state index in [9.17, 15) is 9.59 Å². The first-order valence-electron chi connectivity index (χ1n) is 8.19. The maximum absolute atomic E-state index is 12.9. The van der Waals surface area contributed by atoms with Gasteiger partial charge in [-0.25, -0.2) is 0 Å². The summed E-state index contributed by atoms with van der Waals surface area (Å²) in [7, 11) is 0. The highest BCUT2D eigenvalue weighted by molar-refractivity contribution is 9.10. The van der Waals surface area contributed by atoms with Crippen molar-refractivity contribution in [2.24, 2.45) is 0 Å². The molecule has 0 spiro atoms. The molecule has 0 fully saturated rings. The molecule has 1 amide bonds. The molecule has 126 valence electrons. The fourth-order valence-electron chi connectivity index (χ4n) is 3.46. The molecule has 0 saturated heterocycles. The van der Waals surface area contributed by atoms with Crippen LogP contribution < -0.4 is 10.7 Å². The van der Waals surface area contributed by atoms with E-state index in [1.54, 1.807) is 12.3 Å². The molecule has 0 bridgehead atoms. The predicted molar refractivity (Wildman–Crippen MR) is 103 cm³/mol. The number of nitrogens with one attached hydrogen (secondary N) is 1. The Labute approximate surface area is 153 Å². The Hall–Kier alpha value is -2.40. The first-order chi connectivity index (χ1) is 11.9. The lowest BCUT2D eigenvalue weighted by Crippen LogP contribution is -2.23. The molecular formula is C20H17BrN2O2. The van der Waals surface area contributed by atoms with E-state index in [1.807, 2.05) is 41.8 Å². The molecule has 1 N–H and O–H groups in total. The van der Waals surface area contributed by atoms with E-state index in [2.05, 4.69) is 28.2 Å². The van der Waals surface area contributed by atoms with Crippen LogP contribution in [0.4, 0.5) is 5.69 Å². The van der Waals surface area contributed by atoms with Crippen molar-refractivity contribution in [3.8, 4) is 0 Å². The zero-order valence-corrected chi connectivity index (χ0v) is 15.6. The van der Waals surface area contributed by atoms with E-state index < -0.39 is 0 Å². The summed E-state index contributed by atoms with van der Waals surface area (Å²) in [5.74, 6) is -0.375. The molecule has 1 aliphatic heterocycles. The Balaban J connectivity index is 1.83. The molecule has 25 heavy (non-hydrogen) atoms. The van der Waals surface area contributed by atoms with Crippen molar-refractivity contribution in [1.29, 1.82) is 0 Å². The van der Waals surface area contributed by atoms with Crippen LogP contribution in [0, 0.1) is 6.92 Å². The van der Waals surface area contributed by atoms with Gasteiger partial charge >= 0.3 is 0 Å². The average Bonchev–Trinajstić information content (AvgIpc) is 2.88. The summed E-state index contributed by atoms with van der Waals surface area (Å²) >= 11 is 3.47. The molecule has 2 heterocycles. The van der Waals surface area contributed by atoms with E-state index in [0.29, 0.717) is 11.1 Å². The topological polar surface area (TPSA) is 51.1 Å². The van der Waals surface area contributed by atoms with Crippen molar-refractivity contribution in [1.82, 2.24) is 4.57 Å². The van der Waals surface area contributed by atoms with Crippen LogP contribution in [0.3, 0.4) is 0 Å². The highest BCUT2D eigenvalue weighted by atomic mass is 79.9. The summed E-state index contributed by atoms with van der Waals surface area (Å²) in [5, 5.41) is 3.41. The maximum Gasteiger partial charge on any atom is 0.261 e. The van der Waals surface area contributed by atoms with Crippen LogP contribution in [-0.2, 0) is 6.42 Å². The zero-order chi connectivity index (χ0) is 17.7. The number of rotatable bonds is 2.